The first-order chi connectivity index (χ1) is 7.79. The lowest BCUT2D eigenvalue weighted by Gasteiger charge is -2.06. The van der Waals surface area contributed by atoms with Gasteiger partial charge in [-0.1, -0.05) is 44.9 Å². The Hall–Kier alpha value is -1.24. The summed E-state index contributed by atoms with van der Waals surface area (Å²) in [7, 11) is 0. The minimum absolute atomic E-state index is 0.865. The number of para-hydroxylation sites is 1. The topological polar surface area (TPSA) is 15.8 Å². The van der Waals surface area contributed by atoms with Crippen LogP contribution in [-0.2, 0) is 6.42 Å². The lowest BCUT2D eigenvalue weighted by atomic mass is 10.0. The van der Waals surface area contributed by atoms with E-state index in [4.69, 9.17) is 0 Å². The summed E-state index contributed by atoms with van der Waals surface area (Å²) in [5.74, 6) is 0.865. The molecule has 1 aromatic carbocycles. The lowest BCUT2D eigenvalue weighted by Crippen LogP contribution is -1.94. The molecule has 2 rings (SSSR count). The van der Waals surface area contributed by atoms with Gasteiger partial charge in [-0.05, 0) is 36.3 Å². The smallest absolute Gasteiger partial charge is 0.0456 e. The van der Waals surface area contributed by atoms with Gasteiger partial charge in [0.15, 0.2) is 0 Å². The van der Waals surface area contributed by atoms with Crippen LogP contribution < -0.4 is 0 Å². The van der Waals surface area contributed by atoms with E-state index in [0.29, 0.717) is 0 Å². The van der Waals surface area contributed by atoms with Gasteiger partial charge in [0, 0.05) is 11.2 Å². The summed E-state index contributed by atoms with van der Waals surface area (Å²) >= 11 is 0. The van der Waals surface area contributed by atoms with E-state index in [9.17, 15) is 0 Å². The summed E-state index contributed by atoms with van der Waals surface area (Å²) in [6.07, 6.45) is 5.11. The van der Waals surface area contributed by atoms with Crippen molar-refractivity contribution in [1.82, 2.24) is 4.98 Å². The van der Waals surface area contributed by atoms with Gasteiger partial charge in [0.25, 0.3) is 0 Å². The number of H-pyrrole nitrogens is 1. The van der Waals surface area contributed by atoms with Crippen LogP contribution >= 0.6 is 0 Å². The monoisotopic (exact) mass is 215 g/mol. The predicted octanol–water partition coefficient (Wildman–Crippen LogP) is 4.54. The van der Waals surface area contributed by atoms with Crippen molar-refractivity contribution in [3.8, 4) is 0 Å². The molecule has 0 fully saturated rings. The van der Waals surface area contributed by atoms with Crippen molar-refractivity contribution in [2.45, 2.75) is 39.5 Å². The molecule has 0 bridgehead atoms. The summed E-state index contributed by atoms with van der Waals surface area (Å²) in [4.78, 5) is 3.49. The number of nitrogens with one attached hydrogen (secondary N) is 1. The van der Waals surface area contributed by atoms with Crippen LogP contribution in [0.15, 0.2) is 30.3 Å². The van der Waals surface area contributed by atoms with Gasteiger partial charge < -0.3 is 4.98 Å². The van der Waals surface area contributed by atoms with Crippen molar-refractivity contribution in [1.29, 1.82) is 0 Å². The predicted molar refractivity (Wildman–Crippen MR) is 70.7 cm³/mol. The number of rotatable bonds is 5. The van der Waals surface area contributed by atoms with E-state index in [1.54, 1.807) is 0 Å². The highest BCUT2D eigenvalue weighted by molar-refractivity contribution is 5.80. The number of aryl methyl sites for hydroxylation is 1. The average Bonchev–Trinajstić information content (AvgIpc) is 2.71. The number of aromatic nitrogens is 1. The van der Waals surface area contributed by atoms with Crippen LogP contribution in [0.3, 0.4) is 0 Å². The molecule has 0 radical (unpaired) electrons. The molecule has 0 spiro atoms. The molecule has 0 aliphatic carbocycles. The first-order valence-corrected chi connectivity index (χ1v) is 6.36. The van der Waals surface area contributed by atoms with Crippen molar-refractivity contribution in [3.05, 3.63) is 36.0 Å². The van der Waals surface area contributed by atoms with E-state index in [2.05, 4.69) is 49.2 Å². The maximum atomic E-state index is 3.49. The zero-order chi connectivity index (χ0) is 11.4. The Labute approximate surface area is 97.9 Å². The number of hydrogen-bond donors (Lipinski definition) is 1. The van der Waals surface area contributed by atoms with Crippen LogP contribution in [0.4, 0.5) is 0 Å². The number of aromatic amines is 1. The highest BCUT2D eigenvalue weighted by atomic mass is 14.7. The van der Waals surface area contributed by atoms with Gasteiger partial charge in [0.2, 0.25) is 0 Å². The second kappa shape index (κ2) is 5.20. The second-order valence-corrected chi connectivity index (χ2v) is 4.79. The minimum Gasteiger partial charge on any atom is -0.358 e. The molecule has 1 heterocycles. The molecule has 1 atom stereocenters. The molecule has 1 N–H and O–H groups in total. The summed E-state index contributed by atoms with van der Waals surface area (Å²) in [6, 6.07) is 10.8. The van der Waals surface area contributed by atoms with Crippen LogP contribution in [0.1, 0.15) is 38.8 Å². The van der Waals surface area contributed by atoms with Crippen LogP contribution in [0.2, 0.25) is 0 Å². The first-order valence-electron chi connectivity index (χ1n) is 6.36. The van der Waals surface area contributed by atoms with E-state index >= 15 is 0 Å². The minimum atomic E-state index is 0.865. The molecule has 2 aromatic rings. The van der Waals surface area contributed by atoms with Crippen molar-refractivity contribution in [2.75, 3.05) is 0 Å². The van der Waals surface area contributed by atoms with Gasteiger partial charge in [-0.3, -0.25) is 0 Å². The molecule has 0 aliphatic rings. The molecule has 0 aliphatic heterocycles. The number of benzene rings is 1. The van der Waals surface area contributed by atoms with E-state index in [0.717, 1.165) is 5.92 Å². The third kappa shape index (κ3) is 2.66. The largest absolute Gasteiger partial charge is 0.358 e. The van der Waals surface area contributed by atoms with Crippen molar-refractivity contribution < 1.29 is 0 Å². The van der Waals surface area contributed by atoms with Crippen LogP contribution in [-0.4, -0.2) is 4.98 Å². The zero-order valence-corrected chi connectivity index (χ0v) is 10.3. The molecule has 0 saturated heterocycles. The normalized spacial score (nSPS) is 13.1. The quantitative estimate of drug-likeness (QED) is 0.754. The Morgan fingerprint density at radius 3 is 2.81 bits per heavy atom. The third-order valence-electron chi connectivity index (χ3n) is 3.43. The van der Waals surface area contributed by atoms with Gasteiger partial charge >= 0.3 is 0 Å². The fraction of sp³-hybridized carbons (Fsp3) is 0.467. The molecular weight excluding hydrogens is 194 g/mol. The van der Waals surface area contributed by atoms with Gasteiger partial charge in [-0.15, -0.1) is 0 Å². The van der Waals surface area contributed by atoms with E-state index in [-0.39, 0.29) is 0 Å². The fourth-order valence-electron chi connectivity index (χ4n) is 2.11. The Balaban J connectivity index is 1.94. The van der Waals surface area contributed by atoms with Crippen LogP contribution in [0.5, 0.6) is 0 Å². The summed E-state index contributed by atoms with van der Waals surface area (Å²) in [6.45, 7) is 4.61. The Morgan fingerprint density at radius 1 is 1.25 bits per heavy atom. The Kier molecular flexibility index (Phi) is 3.66. The highest BCUT2D eigenvalue weighted by Crippen LogP contribution is 2.17. The molecule has 0 unspecified atom stereocenters. The maximum Gasteiger partial charge on any atom is 0.0456 e. The van der Waals surface area contributed by atoms with E-state index in [1.807, 2.05) is 0 Å². The average molecular weight is 215 g/mol. The first kappa shape index (κ1) is 11.3. The fourth-order valence-corrected chi connectivity index (χ4v) is 2.11. The molecule has 0 saturated carbocycles. The molecule has 1 nitrogen and oxygen atoms in total. The molecule has 86 valence electrons. The third-order valence-corrected chi connectivity index (χ3v) is 3.43. The Morgan fingerprint density at radius 2 is 2.06 bits per heavy atom. The number of hydrogen-bond acceptors (Lipinski definition) is 0. The molecule has 16 heavy (non-hydrogen) atoms. The molecule has 0 amide bonds. The second-order valence-electron chi connectivity index (χ2n) is 4.79. The number of fused-ring (bicyclic) bond motifs is 1. The van der Waals surface area contributed by atoms with Gasteiger partial charge in [0.05, 0.1) is 0 Å². The summed E-state index contributed by atoms with van der Waals surface area (Å²) < 4.78 is 0. The zero-order valence-electron chi connectivity index (χ0n) is 10.3. The van der Waals surface area contributed by atoms with Crippen molar-refractivity contribution in [3.63, 3.8) is 0 Å². The van der Waals surface area contributed by atoms with Crippen LogP contribution in [0.25, 0.3) is 10.9 Å². The Bertz CT molecular complexity index is 408. The molecular formula is C15H21N. The maximum absolute atomic E-state index is 3.49. The van der Waals surface area contributed by atoms with Crippen molar-refractivity contribution in [2.24, 2.45) is 5.92 Å². The van der Waals surface area contributed by atoms with Gasteiger partial charge in [-0.2, -0.15) is 0 Å². The lowest BCUT2D eigenvalue weighted by molar-refractivity contribution is 0.494. The summed E-state index contributed by atoms with van der Waals surface area (Å²) in [5.41, 5.74) is 2.64. The molecule has 1 aromatic heterocycles. The van der Waals surface area contributed by atoms with Crippen LogP contribution in [0, 0.1) is 5.92 Å². The van der Waals surface area contributed by atoms with Crippen molar-refractivity contribution >= 4 is 10.9 Å². The SMILES string of the molecule is CC[C@H](C)CCCc1cc2ccccc2[nH]1. The van der Waals surface area contributed by atoms with Gasteiger partial charge in [-0.25, -0.2) is 0 Å². The standard InChI is InChI=1S/C15H21N/c1-3-12(2)7-6-9-14-11-13-8-4-5-10-15(13)16-14/h4-5,8,10-12,16H,3,6-7,9H2,1-2H3/t12-/m0/s1. The van der Waals surface area contributed by atoms with Gasteiger partial charge in [0.1, 0.15) is 0 Å². The summed E-state index contributed by atoms with van der Waals surface area (Å²) in [5, 5.41) is 1.33. The highest BCUT2D eigenvalue weighted by Gasteiger charge is 2.02. The van der Waals surface area contributed by atoms with E-state index in [1.165, 1.54) is 42.3 Å². The van der Waals surface area contributed by atoms with E-state index < -0.39 is 0 Å². The molecule has 1 heteroatoms.